The van der Waals surface area contributed by atoms with Crippen LogP contribution in [0.2, 0.25) is 0 Å². The third kappa shape index (κ3) is 3.21. The van der Waals surface area contributed by atoms with Crippen molar-refractivity contribution in [3.63, 3.8) is 0 Å². The van der Waals surface area contributed by atoms with Crippen LogP contribution in [0.15, 0.2) is 18.2 Å². The highest BCUT2D eigenvalue weighted by molar-refractivity contribution is 5.80. The fraction of sp³-hybridized carbons (Fsp3) is 0.588. The monoisotopic (exact) mass is 275 g/mol. The number of carbonyl (C=O) groups excluding carboxylic acids is 1. The Morgan fingerprint density at radius 2 is 2.10 bits per heavy atom. The molecule has 0 bridgehead atoms. The van der Waals surface area contributed by atoms with Crippen molar-refractivity contribution in [2.75, 3.05) is 6.54 Å². The van der Waals surface area contributed by atoms with E-state index in [2.05, 4.69) is 18.2 Å². The number of aliphatic hydroxyl groups is 1. The molecule has 1 unspecified atom stereocenters. The predicted octanol–water partition coefficient (Wildman–Crippen LogP) is 2.61. The number of rotatable bonds is 3. The number of amides is 1. The maximum absolute atomic E-state index is 12.6. The SMILES string of the molecule is Cc1ccc(C)c(CC(=O)N2CCCC2C(C)(C)O)c1. The molecule has 1 saturated heterocycles. The Hall–Kier alpha value is -1.35. The molecule has 1 atom stereocenters. The van der Waals surface area contributed by atoms with Crippen molar-refractivity contribution in [2.45, 2.75) is 58.6 Å². The molecule has 1 aliphatic heterocycles. The molecule has 1 fully saturated rings. The number of hydrogen-bond donors (Lipinski definition) is 1. The first kappa shape index (κ1) is 15.0. The van der Waals surface area contributed by atoms with E-state index in [1.807, 2.05) is 18.7 Å². The fourth-order valence-electron chi connectivity index (χ4n) is 3.05. The first-order valence-corrected chi connectivity index (χ1v) is 7.37. The van der Waals surface area contributed by atoms with Gasteiger partial charge in [-0.25, -0.2) is 0 Å². The van der Waals surface area contributed by atoms with Crippen LogP contribution in [-0.2, 0) is 11.2 Å². The average molecular weight is 275 g/mol. The molecule has 1 N–H and O–H groups in total. The highest BCUT2D eigenvalue weighted by atomic mass is 16.3. The lowest BCUT2D eigenvalue weighted by Gasteiger charge is -2.34. The number of hydrogen-bond acceptors (Lipinski definition) is 2. The first-order valence-electron chi connectivity index (χ1n) is 7.37. The largest absolute Gasteiger partial charge is 0.388 e. The smallest absolute Gasteiger partial charge is 0.227 e. The maximum atomic E-state index is 12.6. The van der Waals surface area contributed by atoms with Gasteiger partial charge in [-0.05, 0) is 51.7 Å². The van der Waals surface area contributed by atoms with E-state index in [0.717, 1.165) is 30.5 Å². The van der Waals surface area contributed by atoms with E-state index in [1.165, 1.54) is 5.56 Å². The predicted molar refractivity (Wildman–Crippen MR) is 80.7 cm³/mol. The van der Waals surface area contributed by atoms with Gasteiger partial charge in [-0.2, -0.15) is 0 Å². The van der Waals surface area contributed by atoms with Crippen LogP contribution in [0.5, 0.6) is 0 Å². The minimum absolute atomic E-state index is 0.0554. The Labute approximate surface area is 121 Å². The van der Waals surface area contributed by atoms with E-state index >= 15 is 0 Å². The lowest BCUT2D eigenvalue weighted by Crippen LogP contribution is -2.48. The van der Waals surface area contributed by atoms with Crippen LogP contribution in [0.25, 0.3) is 0 Å². The van der Waals surface area contributed by atoms with Crippen LogP contribution in [0.4, 0.5) is 0 Å². The minimum atomic E-state index is -0.826. The van der Waals surface area contributed by atoms with Crippen LogP contribution in [0.3, 0.4) is 0 Å². The number of aryl methyl sites for hydroxylation is 2. The number of likely N-dealkylation sites (tertiary alicyclic amines) is 1. The summed E-state index contributed by atoms with van der Waals surface area (Å²) in [5.41, 5.74) is 2.60. The zero-order chi connectivity index (χ0) is 14.9. The second-order valence-corrected chi connectivity index (χ2v) is 6.51. The van der Waals surface area contributed by atoms with Gasteiger partial charge in [0.1, 0.15) is 0 Å². The highest BCUT2D eigenvalue weighted by Gasteiger charge is 2.38. The van der Waals surface area contributed by atoms with Gasteiger partial charge in [-0.3, -0.25) is 4.79 Å². The third-order valence-corrected chi connectivity index (χ3v) is 4.23. The van der Waals surface area contributed by atoms with Gasteiger partial charge in [0.25, 0.3) is 0 Å². The van der Waals surface area contributed by atoms with E-state index in [4.69, 9.17) is 0 Å². The molecule has 2 rings (SSSR count). The summed E-state index contributed by atoms with van der Waals surface area (Å²) in [5, 5.41) is 10.2. The lowest BCUT2D eigenvalue weighted by molar-refractivity contribution is -0.135. The topological polar surface area (TPSA) is 40.5 Å². The summed E-state index contributed by atoms with van der Waals surface area (Å²) < 4.78 is 0. The maximum Gasteiger partial charge on any atom is 0.227 e. The number of benzene rings is 1. The van der Waals surface area contributed by atoms with Crippen molar-refractivity contribution < 1.29 is 9.90 Å². The van der Waals surface area contributed by atoms with Gasteiger partial charge in [0.2, 0.25) is 5.91 Å². The molecule has 0 spiro atoms. The quantitative estimate of drug-likeness (QED) is 0.921. The molecule has 0 aliphatic carbocycles. The van der Waals surface area contributed by atoms with Crippen LogP contribution in [0, 0.1) is 13.8 Å². The Balaban J connectivity index is 2.14. The molecule has 1 aromatic carbocycles. The summed E-state index contributed by atoms with van der Waals surface area (Å²) in [6.45, 7) is 8.43. The van der Waals surface area contributed by atoms with Crippen LogP contribution in [0.1, 0.15) is 43.4 Å². The first-order chi connectivity index (χ1) is 9.29. The summed E-state index contributed by atoms with van der Waals surface area (Å²) in [6, 6.07) is 6.16. The number of nitrogens with zero attached hydrogens (tertiary/aromatic N) is 1. The molecule has 1 aromatic rings. The molecule has 1 aliphatic rings. The molecule has 110 valence electrons. The van der Waals surface area contributed by atoms with Crippen LogP contribution in [-0.4, -0.2) is 34.1 Å². The van der Waals surface area contributed by atoms with Gasteiger partial charge in [0.15, 0.2) is 0 Å². The second-order valence-electron chi connectivity index (χ2n) is 6.51. The van der Waals surface area contributed by atoms with Crippen molar-refractivity contribution in [3.05, 3.63) is 34.9 Å². The van der Waals surface area contributed by atoms with Crippen LogP contribution < -0.4 is 0 Å². The molecule has 3 nitrogen and oxygen atoms in total. The normalized spacial score (nSPS) is 19.4. The fourth-order valence-corrected chi connectivity index (χ4v) is 3.05. The lowest BCUT2D eigenvalue weighted by atomic mass is 9.96. The Morgan fingerprint density at radius 1 is 1.40 bits per heavy atom. The molecule has 0 aromatic heterocycles. The van der Waals surface area contributed by atoms with Gasteiger partial charge in [-0.1, -0.05) is 23.8 Å². The summed E-state index contributed by atoms with van der Waals surface area (Å²) in [4.78, 5) is 14.4. The zero-order valence-corrected chi connectivity index (χ0v) is 12.9. The average Bonchev–Trinajstić information content (AvgIpc) is 2.82. The standard InChI is InChI=1S/C17H25NO2/c1-12-7-8-13(2)14(10-12)11-16(19)18-9-5-6-15(18)17(3,4)20/h7-8,10,15,20H,5-6,9,11H2,1-4H3. The molecule has 0 radical (unpaired) electrons. The second kappa shape index (κ2) is 5.57. The van der Waals surface area contributed by atoms with Crippen LogP contribution >= 0.6 is 0 Å². The molecule has 3 heteroatoms. The molecule has 0 saturated carbocycles. The molecular formula is C17H25NO2. The Morgan fingerprint density at radius 3 is 2.75 bits per heavy atom. The van der Waals surface area contributed by atoms with Crippen molar-refractivity contribution in [1.82, 2.24) is 4.90 Å². The van der Waals surface area contributed by atoms with Crippen molar-refractivity contribution >= 4 is 5.91 Å². The van der Waals surface area contributed by atoms with Gasteiger partial charge >= 0.3 is 0 Å². The van der Waals surface area contributed by atoms with E-state index in [1.54, 1.807) is 13.8 Å². The van der Waals surface area contributed by atoms with Gasteiger partial charge in [0.05, 0.1) is 18.1 Å². The number of carbonyl (C=O) groups is 1. The van der Waals surface area contributed by atoms with Gasteiger partial charge in [-0.15, -0.1) is 0 Å². The molecule has 1 heterocycles. The van der Waals surface area contributed by atoms with Crippen molar-refractivity contribution in [2.24, 2.45) is 0 Å². The van der Waals surface area contributed by atoms with E-state index < -0.39 is 5.60 Å². The minimum Gasteiger partial charge on any atom is -0.388 e. The van der Waals surface area contributed by atoms with E-state index in [-0.39, 0.29) is 11.9 Å². The highest BCUT2D eigenvalue weighted by Crippen LogP contribution is 2.27. The summed E-state index contributed by atoms with van der Waals surface area (Å²) >= 11 is 0. The Bertz CT molecular complexity index is 502. The van der Waals surface area contributed by atoms with Crippen molar-refractivity contribution in [3.8, 4) is 0 Å². The van der Waals surface area contributed by atoms with Gasteiger partial charge < -0.3 is 10.0 Å². The molecule has 1 amide bonds. The van der Waals surface area contributed by atoms with Crippen molar-refractivity contribution in [1.29, 1.82) is 0 Å². The molecule has 20 heavy (non-hydrogen) atoms. The summed E-state index contributed by atoms with van der Waals surface area (Å²) in [6.07, 6.45) is 2.30. The summed E-state index contributed by atoms with van der Waals surface area (Å²) in [7, 11) is 0. The van der Waals surface area contributed by atoms with E-state index in [9.17, 15) is 9.90 Å². The summed E-state index contributed by atoms with van der Waals surface area (Å²) in [5.74, 6) is 0.128. The van der Waals surface area contributed by atoms with Gasteiger partial charge in [0, 0.05) is 6.54 Å². The third-order valence-electron chi connectivity index (χ3n) is 4.23. The zero-order valence-electron chi connectivity index (χ0n) is 12.9. The molecular weight excluding hydrogens is 250 g/mol. The van der Waals surface area contributed by atoms with E-state index in [0.29, 0.717) is 6.42 Å². The Kier molecular flexibility index (Phi) is 4.19.